The molecule has 2 nitrogen and oxygen atoms in total. The Hall–Kier alpha value is 0.608. The SMILES string of the molecule is C[C](N)(O)[Pt]. The Morgan fingerprint density at radius 3 is 2.00 bits per heavy atom. The molecule has 0 bridgehead atoms. The fraction of sp³-hybridized carbons (Fsp3) is 1.00. The van der Waals surface area contributed by atoms with Crippen molar-refractivity contribution in [3.05, 3.63) is 0 Å². The molecule has 0 aromatic heterocycles. The van der Waals surface area contributed by atoms with Crippen molar-refractivity contribution >= 4 is 0 Å². The van der Waals surface area contributed by atoms with E-state index < -0.39 is 4.11 Å². The zero-order valence-electron chi connectivity index (χ0n) is 2.84. The van der Waals surface area contributed by atoms with Crippen LogP contribution in [0, 0.1) is 0 Å². The second kappa shape index (κ2) is 1.37. The summed E-state index contributed by atoms with van der Waals surface area (Å²) in [5, 5.41) is 8.29. The van der Waals surface area contributed by atoms with Crippen molar-refractivity contribution in [2.75, 3.05) is 0 Å². The number of aliphatic hydroxyl groups is 1. The first-order valence-electron chi connectivity index (χ1n) is 1.17. The molecule has 0 saturated heterocycles. The molecule has 0 spiro atoms. The molecule has 0 amide bonds. The second-order valence-electron chi connectivity index (χ2n) is 0.961. The number of nitrogens with two attached hydrogens (primary N) is 1. The zero-order chi connectivity index (χ0) is 4.50. The van der Waals surface area contributed by atoms with Gasteiger partial charge in [0.25, 0.3) is 0 Å². The second-order valence-corrected chi connectivity index (χ2v) is 3.26. The van der Waals surface area contributed by atoms with E-state index in [9.17, 15) is 0 Å². The molecule has 0 radical (unpaired) electrons. The van der Waals surface area contributed by atoms with Gasteiger partial charge in [0.15, 0.2) is 0 Å². The number of rotatable bonds is 0. The molecule has 5 heavy (non-hydrogen) atoms. The normalized spacial score (nSPS) is 21.8. The van der Waals surface area contributed by atoms with Crippen LogP contribution in [0.1, 0.15) is 6.92 Å². The molecular formula is C2H6NOPt. The molecule has 0 saturated carbocycles. The summed E-state index contributed by atoms with van der Waals surface area (Å²) in [5.74, 6) is 0. The Kier molecular flexibility index (Phi) is 1.54. The van der Waals surface area contributed by atoms with Gasteiger partial charge in [0, 0.05) is 0 Å². The molecule has 0 aliphatic carbocycles. The molecule has 0 fully saturated rings. The molecule has 0 rings (SSSR count). The van der Waals surface area contributed by atoms with Crippen molar-refractivity contribution in [3.63, 3.8) is 0 Å². The van der Waals surface area contributed by atoms with Crippen LogP contribution in [0.15, 0.2) is 0 Å². The van der Waals surface area contributed by atoms with Gasteiger partial charge in [-0.1, -0.05) is 0 Å². The van der Waals surface area contributed by atoms with Gasteiger partial charge >= 0.3 is 41.7 Å². The summed E-state index contributed by atoms with van der Waals surface area (Å²) in [4.78, 5) is 0. The summed E-state index contributed by atoms with van der Waals surface area (Å²) in [7, 11) is 0. The topological polar surface area (TPSA) is 46.2 Å². The summed E-state index contributed by atoms with van der Waals surface area (Å²) >= 11 is 1.70. The number of hydrogen-bond donors (Lipinski definition) is 2. The van der Waals surface area contributed by atoms with Gasteiger partial charge in [-0.05, 0) is 0 Å². The van der Waals surface area contributed by atoms with Crippen LogP contribution in [-0.2, 0) is 19.8 Å². The summed E-state index contributed by atoms with van der Waals surface area (Å²) in [5.41, 5.74) is 4.90. The zero-order valence-corrected chi connectivity index (χ0v) is 5.11. The number of hydrogen-bond acceptors (Lipinski definition) is 2. The van der Waals surface area contributed by atoms with Crippen molar-refractivity contribution in [3.8, 4) is 0 Å². The molecule has 0 aromatic carbocycles. The Labute approximate surface area is 42.3 Å². The maximum atomic E-state index is 8.29. The Morgan fingerprint density at radius 2 is 2.00 bits per heavy atom. The molecule has 3 N–H and O–H groups in total. The van der Waals surface area contributed by atoms with Gasteiger partial charge < -0.3 is 0 Å². The monoisotopic (exact) mass is 255 g/mol. The quantitative estimate of drug-likeness (QED) is 0.554. The van der Waals surface area contributed by atoms with E-state index in [2.05, 4.69) is 0 Å². The van der Waals surface area contributed by atoms with Crippen LogP contribution in [0.5, 0.6) is 0 Å². The van der Waals surface area contributed by atoms with Gasteiger partial charge in [-0.15, -0.1) is 0 Å². The van der Waals surface area contributed by atoms with Gasteiger partial charge in [-0.2, -0.15) is 0 Å². The third kappa shape index (κ3) is 84.7. The van der Waals surface area contributed by atoms with Crippen LogP contribution >= 0.6 is 0 Å². The first-order valence-corrected chi connectivity index (χ1v) is 2.31. The predicted molar refractivity (Wildman–Crippen MR) is 14.8 cm³/mol. The minimum absolute atomic E-state index is 1.03. The first kappa shape index (κ1) is 5.61. The van der Waals surface area contributed by atoms with Crippen LogP contribution < -0.4 is 5.73 Å². The van der Waals surface area contributed by atoms with E-state index in [0.717, 1.165) is 0 Å². The Balaban J connectivity index is 3.02. The molecule has 35 valence electrons. The average molecular weight is 255 g/mol. The van der Waals surface area contributed by atoms with Crippen LogP contribution in [-0.4, -0.2) is 9.22 Å². The molecule has 3 heteroatoms. The standard InChI is InChI=1S/C2H6NO.Pt/c1-2(3)4;/h4H,3H2,1H3;. The van der Waals surface area contributed by atoms with Crippen LogP contribution in [0.3, 0.4) is 0 Å². The summed E-state index contributed by atoms with van der Waals surface area (Å²) in [6, 6.07) is 0. The van der Waals surface area contributed by atoms with Gasteiger partial charge in [0.1, 0.15) is 0 Å². The fourth-order valence-electron chi connectivity index (χ4n) is 0. The fourth-order valence-corrected chi connectivity index (χ4v) is 0. The van der Waals surface area contributed by atoms with E-state index in [0.29, 0.717) is 0 Å². The molecule has 1 unspecified atom stereocenters. The molecule has 0 heterocycles. The van der Waals surface area contributed by atoms with Gasteiger partial charge in [0.2, 0.25) is 0 Å². The van der Waals surface area contributed by atoms with E-state index in [1.807, 2.05) is 0 Å². The van der Waals surface area contributed by atoms with E-state index in [1.165, 1.54) is 6.92 Å². The van der Waals surface area contributed by atoms with Crippen molar-refractivity contribution in [2.24, 2.45) is 5.73 Å². The van der Waals surface area contributed by atoms with Gasteiger partial charge in [-0.25, -0.2) is 0 Å². The van der Waals surface area contributed by atoms with Gasteiger partial charge in [-0.3, -0.25) is 0 Å². The molecule has 0 aliphatic heterocycles. The predicted octanol–water partition coefficient (Wildman–Crippen LogP) is -0.842. The third-order valence-corrected chi connectivity index (χ3v) is 0. The van der Waals surface area contributed by atoms with E-state index >= 15 is 0 Å². The van der Waals surface area contributed by atoms with Gasteiger partial charge in [0.05, 0.1) is 0 Å². The molecular weight excluding hydrogens is 249 g/mol. The van der Waals surface area contributed by atoms with E-state index in [1.54, 1.807) is 19.8 Å². The summed E-state index contributed by atoms with van der Waals surface area (Å²) in [6.45, 7) is 1.51. The van der Waals surface area contributed by atoms with Crippen molar-refractivity contribution in [1.29, 1.82) is 0 Å². The van der Waals surface area contributed by atoms with Crippen LogP contribution in [0.25, 0.3) is 0 Å². The minimum atomic E-state index is -1.03. The van der Waals surface area contributed by atoms with Crippen molar-refractivity contribution < 1.29 is 24.9 Å². The van der Waals surface area contributed by atoms with E-state index in [-0.39, 0.29) is 0 Å². The molecule has 0 aliphatic rings. The van der Waals surface area contributed by atoms with E-state index in [4.69, 9.17) is 10.8 Å². The Morgan fingerprint density at radius 1 is 2.00 bits per heavy atom. The summed E-state index contributed by atoms with van der Waals surface area (Å²) < 4.78 is -1.03. The van der Waals surface area contributed by atoms with Crippen molar-refractivity contribution in [1.82, 2.24) is 0 Å². The van der Waals surface area contributed by atoms with Crippen molar-refractivity contribution in [2.45, 2.75) is 11.0 Å². The third-order valence-electron chi connectivity index (χ3n) is 0. The Bertz CT molecular complexity index is 25.1. The summed E-state index contributed by atoms with van der Waals surface area (Å²) in [6.07, 6.45) is 0. The first-order chi connectivity index (χ1) is 2.00. The molecule has 1 atom stereocenters. The maximum absolute atomic E-state index is 8.29. The van der Waals surface area contributed by atoms with Crippen LogP contribution in [0.2, 0.25) is 0 Å². The van der Waals surface area contributed by atoms with Crippen LogP contribution in [0.4, 0.5) is 0 Å². The molecule has 0 aromatic rings. The average Bonchev–Trinajstić information content (AvgIpc) is 0.722.